The number of methoxy groups -OCH3 is 2. The van der Waals surface area contributed by atoms with Crippen molar-refractivity contribution < 1.29 is 28.4 Å². The van der Waals surface area contributed by atoms with Gasteiger partial charge in [0.15, 0.2) is 23.0 Å². The Labute approximate surface area is 157 Å². The van der Waals surface area contributed by atoms with E-state index in [9.17, 15) is 0 Å². The Balaban J connectivity index is 1.39. The van der Waals surface area contributed by atoms with Crippen molar-refractivity contribution in [1.82, 2.24) is 0 Å². The van der Waals surface area contributed by atoms with Crippen LogP contribution in [-0.4, -0.2) is 34.2 Å². The number of rotatable bonds is 4. The maximum atomic E-state index is 6.19. The molecule has 0 amide bonds. The van der Waals surface area contributed by atoms with Gasteiger partial charge < -0.3 is 28.4 Å². The highest BCUT2D eigenvalue weighted by Gasteiger charge is 2.48. The van der Waals surface area contributed by atoms with Gasteiger partial charge in [-0.1, -0.05) is 12.1 Å². The third kappa shape index (κ3) is 2.71. The average molecular weight is 370 g/mol. The molecule has 6 nitrogen and oxygen atoms in total. The van der Waals surface area contributed by atoms with Gasteiger partial charge >= 0.3 is 0 Å². The molecule has 0 spiro atoms. The minimum atomic E-state index is -0.00573. The van der Waals surface area contributed by atoms with E-state index in [1.807, 2.05) is 30.3 Å². The third-order valence-corrected chi connectivity index (χ3v) is 5.73. The van der Waals surface area contributed by atoms with Crippen molar-refractivity contribution in [2.24, 2.45) is 11.8 Å². The van der Waals surface area contributed by atoms with Gasteiger partial charge in [-0.2, -0.15) is 0 Å². The molecular weight excluding hydrogens is 348 g/mol. The second-order valence-electron chi connectivity index (χ2n) is 7.06. The molecule has 3 heterocycles. The van der Waals surface area contributed by atoms with Crippen LogP contribution in [0.15, 0.2) is 36.4 Å². The van der Waals surface area contributed by atoms with Crippen molar-refractivity contribution in [2.75, 3.05) is 34.2 Å². The molecule has 2 aromatic carbocycles. The predicted octanol–water partition coefficient (Wildman–Crippen LogP) is 3.51. The molecule has 3 aliphatic heterocycles. The maximum Gasteiger partial charge on any atom is 0.231 e. The fourth-order valence-electron chi connectivity index (χ4n) is 4.35. The number of benzene rings is 2. The first-order valence-corrected chi connectivity index (χ1v) is 9.13. The number of hydrogen-bond acceptors (Lipinski definition) is 6. The summed E-state index contributed by atoms with van der Waals surface area (Å²) in [7, 11) is 3.29. The van der Waals surface area contributed by atoms with Gasteiger partial charge in [0, 0.05) is 11.8 Å². The third-order valence-electron chi connectivity index (χ3n) is 5.73. The van der Waals surface area contributed by atoms with Gasteiger partial charge in [-0.05, 0) is 35.4 Å². The van der Waals surface area contributed by atoms with E-state index in [0.29, 0.717) is 30.8 Å². The quantitative estimate of drug-likeness (QED) is 0.821. The lowest BCUT2D eigenvalue weighted by atomic mass is 9.85. The van der Waals surface area contributed by atoms with Gasteiger partial charge in [0.25, 0.3) is 0 Å². The molecule has 0 bridgehead atoms. The van der Waals surface area contributed by atoms with Crippen LogP contribution in [-0.2, 0) is 9.47 Å². The molecule has 0 N–H and O–H groups in total. The molecule has 0 aromatic heterocycles. The summed E-state index contributed by atoms with van der Waals surface area (Å²) in [4.78, 5) is 0. The summed E-state index contributed by atoms with van der Waals surface area (Å²) < 4.78 is 34.1. The topological polar surface area (TPSA) is 55.4 Å². The molecule has 3 aliphatic rings. The molecule has 0 unspecified atom stereocenters. The van der Waals surface area contributed by atoms with E-state index in [1.165, 1.54) is 0 Å². The first-order chi connectivity index (χ1) is 13.3. The smallest absolute Gasteiger partial charge is 0.231 e. The van der Waals surface area contributed by atoms with Gasteiger partial charge in [-0.15, -0.1) is 0 Å². The zero-order valence-electron chi connectivity index (χ0n) is 15.3. The van der Waals surface area contributed by atoms with Gasteiger partial charge in [-0.25, -0.2) is 0 Å². The fourth-order valence-corrected chi connectivity index (χ4v) is 4.35. The second-order valence-corrected chi connectivity index (χ2v) is 7.06. The Kier molecular flexibility index (Phi) is 4.10. The van der Waals surface area contributed by atoms with Gasteiger partial charge in [0.2, 0.25) is 6.79 Å². The van der Waals surface area contributed by atoms with Crippen molar-refractivity contribution in [3.63, 3.8) is 0 Å². The van der Waals surface area contributed by atoms with Crippen molar-refractivity contribution >= 4 is 0 Å². The zero-order chi connectivity index (χ0) is 18.4. The predicted molar refractivity (Wildman–Crippen MR) is 96.5 cm³/mol. The molecule has 2 fully saturated rings. The molecule has 0 aliphatic carbocycles. The molecule has 0 radical (unpaired) electrons. The highest BCUT2D eigenvalue weighted by Crippen LogP contribution is 2.51. The van der Waals surface area contributed by atoms with Crippen LogP contribution in [0.4, 0.5) is 0 Å². The molecule has 27 heavy (non-hydrogen) atoms. The normalized spacial score (nSPS) is 28.2. The molecule has 5 rings (SSSR count). The summed E-state index contributed by atoms with van der Waals surface area (Å²) >= 11 is 0. The number of ether oxygens (including phenoxy) is 6. The number of hydrogen-bond donors (Lipinski definition) is 0. The molecule has 142 valence electrons. The lowest BCUT2D eigenvalue weighted by molar-refractivity contribution is 0.0191. The molecule has 0 saturated carbocycles. The van der Waals surface area contributed by atoms with Crippen LogP contribution >= 0.6 is 0 Å². The Morgan fingerprint density at radius 2 is 1.37 bits per heavy atom. The molecule has 2 saturated heterocycles. The summed E-state index contributed by atoms with van der Waals surface area (Å²) in [5.74, 6) is 3.63. The maximum absolute atomic E-state index is 6.19. The summed E-state index contributed by atoms with van der Waals surface area (Å²) in [6, 6.07) is 12.0. The van der Waals surface area contributed by atoms with Crippen molar-refractivity contribution in [3.8, 4) is 23.0 Å². The highest BCUT2D eigenvalue weighted by atomic mass is 16.7. The number of fused-ring (bicyclic) bond motifs is 2. The minimum absolute atomic E-state index is 0.00573. The Bertz CT molecular complexity index is 851. The van der Waals surface area contributed by atoms with Gasteiger partial charge in [0.1, 0.15) is 0 Å². The Hall–Kier alpha value is -2.44. The van der Waals surface area contributed by atoms with Crippen molar-refractivity contribution in [2.45, 2.75) is 12.2 Å². The van der Waals surface area contributed by atoms with Crippen molar-refractivity contribution in [3.05, 3.63) is 47.5 Å². The van der Waals surface area contributed by atoms with Crippen LogP contribution in [0.5, 0.6) is 23.0 Å². The largest absolute Gasteiger partial charge is 0.493 e. The first-order valence-electron chi connectivity index (χ1n) is 9.13. The van der Waals surface area contributed by atoms with Crippen LogP contribution in [0.2, 0.25) is 0 Å². The average Bonchev–Trinajstić information content (AvgIpc) is 3.42. The second kappa shape index (κ2) is 6.62. The van der Waals surface area contributed by atoms with E-state index in [-0.39, 0.29) is 19.0 Å². The van der Waals surface area contributed by atoms with Crippen LogP contribution in [0.3, 0.4) is 0 Å². The van der Waals surface area contributed by atoms with E-state index >= 15 is 0 Å². The zero-order valence-corrected chi connectivity index (χ0v) is 15.3. The SMILES string of the molecule is COc1ccc([C@H]2OC[C@H]3[C@@H]2CO[C@@H]3c2ccc3c(c2)OCO3)cc1OC. The molecule has 6 heteroatoms. The standard InChI is InChI=1S/C21H22O6/c1-22-16-5-3-12(7-18(16)23-2)20-14-9-25-21(15(14)10-24-20)13-4-6-17-19(8-13)27-11-26-17/h3-8,14-15,20-21H,9-11H2,1-2H3/t14-,15-,20+,21+/m0/s1. The van der Waals surface area contributed by atoms with Crippen LogP contribution in [0.25, 0.3) is 0 Å². The molecule has 2 aromatic rings. The summed E-state index contributed by atoms with van der Waals surface area (Å²) in [5.41, 5.74) is 2.21. The first kappa shape index (κ1) is 16.7. The van der Waals surface area contributed by atoms with Crippen LogP contribution < -0.4 is 18.9 Å². The highest BCUT2D eigenvalue weighted by molar-refractivity contribution is 5.46. The molecule has 4 atom stereocenters. The minimum Gasteiger partial charge on any atom is -0.493 e. The van der Waals surface area contributed by atoms with Gasteiger partial charge in [0.05, 0.1) is 39.6 Å². The van der Waals surface area contributed by atoms with E-state index in [4.69, 9.17) is 28.4 Å². The summed E-state index contributed by atoms with van der Waals surface area (Å²) in [5, 5.41) is 0. The lowest BCUT2D eigenvalue weighted by Gasteiger charge is -2.18. The Morgan fingerprint density at radius 1 is 0.741 bits per heavy atom. The van der Waals surface area contributed by atoms with E-state index in [1.54, 1.807) is 14.2 Å². The van der Waals surface area contributed by atoms with Crippen LogP contribution in [0.1, 0.15) is 23.3 Å². The van der Waals surface area contributed by atoms with Gasteiger partial charge in [-0.3, -0.25) is 0 Å². The fraction of sp³-hybridized carbons (Fsp3) is 0.429. The monoisotopic (exact) mass is 370 g/mol. The van der Waals surface area contributed by atoms with Crippen LogP contribution in [0, 0.1) is 11.8 Å². The van der Waals surface area contributed by atoms with E-state index in [2.05, 4.69) is 6.07 Å². The van der Waals surface area contributed by atoms with E-state index in [0.717, 1.165) is 28.4 Å². The Morgan fingerprint density at radius 3 is 2.07 bits per heavy atom. The molecular formula is C21H22O6. The van der Waals surface area contributed by atoms with Crippen molar-refractivity contribution in [1.29, 1.82) is 0 Å². The summed E-state index contributed by atoms with van der Waals surface area (Å²) in [6.45, 7) is 1.62. The van der Waals surface area contributed by atoms with E-state index < -0.39 is 0 Å². The summed E-state index contributed by atoms with van der Waals surface area (Å²) in [6.07, 6.45) is 0.00320. The lowest BCUT2D eigenvalue weighted by Crippen LogP contribution is -2.14.